The van der Waals surface area contributed by atoms with Crippen LogP contribution in [0.15, 0.2) is 0 Å². The third-order valence-corrected chi connectivity index (χ3v) is 0.872. The van der Waals surface area contributed by atoms with E-state index in [0.29, 0.717) is 13.0 Å². The van der Waals surface area contributed by atoms with Crippen LogP contribution in [0.2, 0.25) is 0 Å². The Morgan fingerprint density at radius 1 is 1.75 bits per heavy atom. The zero-order valence-corrected chi connectivity index (χ0v) is 5.05. The van der Waals surface area contributed by atoms with E-state index in [2.05, 4.69) is 0 Å². The molecular weight excluding hydrogens is 106 g/mol. The second kappa shape index (κ2) is 3.18. The average molecular weight is 115 g/mol. The standard InChI is InChI=1S/C5H9NO2/c1-3-6(4-7)5(2)8/h4H,3H2,1-2H3. The van der Waals surface area contributed by atoms with Crippen molar-refractivity contribution in [1.82, 2.24) is 4.90 Å². The van der Waals surface area contributed by atoms with E-state index in [0.717, 1.165) is 4.90 Å². The van der Waals surface area contributed by atoms with E-state index in [-0.39, 0.29) is 5.91 Å². The lowest BCUT2D eigenvalue weighted by Gasteiger charge is -2.06. The Balaban J connectivity index is 3.69. The van der Waals surface area contributed by atoms with Crippen LogP contribution < -0.4 is 0 Å². The molecule has 0 atom stereocenters. The monoisotopic (exact) mass is 115 g/mol. The predicted molar refractivity (Wildman–Crippen MR) is 29.1 cm³/mol. The summed E-state index contributed by atoms with van der Waals surface area (Å²) in [5.41, 5.74) is 0. The largest absolute Gasteiger partial charge is 0.286 e. The summed E-state index contributed by atoms with van der Waals surface area (Å²) in [5.74, 6) is -0.206. The van der Waals surface area contributed by atoms with Crippen molar-refractivity contribution in [2.45, 2.75) is 13.8 Å². The fourth-order valence-electron chi connectivity index (χ4n) is 0.371. The smallest absolute Gasteiger partial charge is 0.225 e. The van der Waals surface area contributed by atoms with Crippen LogP contribution in [0.1, 0.15) is 13.8 Å². The van der Waals surface area contributed by atoms with Gasteiger partial charge in [0.2, 0.25) is 12.3 Å². The summed E-state index contributed by atoms with van der Waals surface area (Å²) in [6, 6.07) is 0. The van der Waals surface area contributed by atoms with Gasteiger partial charge in [-0.2, -0.15) is 0 Å². The number of imide groups is 1. The van der Waals surface area contributed by atoms with Gasteiger partial charge in [0.1, 0.15) is 0 Å². The molecule has 0 aliphatic heterocycles. The number of nitrogens with zero attached hydrogens (tertiary/aromatic N) is 1. The molecule has 2 amide bonds. The van der Waals surface area contributed by atoms with E-state index in [1.807, 2.05) is 0 Å². The van der Waals surface area contributed by atoms with Gasteiger partial charge in [-0.05, 0) is 6.92 Å². The molecule has 0 aromatic rings. The maximum atomic E-state index is 10.3. The van der Waals surface area contributed by atoms with Gasteiger partial charge >= 0.3 is 0 Å². The van der Waals surface area contributed by atoms with Gasteiger partial charge in [0, 0.05) is 13.5 Å². The van der Waals surface area contributed by atoms with Gasteiger partial charge in [-0.3, -0.25) is 14.5 Å². The number of carbonyl (C=O) groups excluding carboxylic acids is 2. The normalized spacial score (nSPS) is 8.25. The van der Waals surface area contributed by atoms with Gasteiger partial charge in [0.05, 0.1) is 0 Å². The molecule has 0 N–H and O–H groups in total. The SMILES string of the molecule is CCN(C=O)C(C)=O. The molecule has 0 aromatic carbocycles. The zero-order chi connectivity index (χ0) is 6.57. The lowest BCUT2D eigenvalue weighted by atomic mass is 10.5. The summed E-state index contributed by atoms with van der Waals surface area (Å²) >= 11 is 0. The van der Waals surface area contributed by atoms with Crippen molar-refractivity contribution in [3.8, 4) is 0 Å². The minimum atomic E-state index is -0.206. The highest BCUT2D eigenvalue weighted by Gasteiger charge is 2.00. The quantitative estimate of drug-likeness (QED) is 0.475. The molecule has 0 fully saturated rings. The first-order valence-corrected chi connectivity index (χ1v) is 2.44. The van der Waals surface area contributed by atoms with Crippen LogP contribution in [0.5, 0.6) is 0 Å². The van der Waals surface area contributed by atoms with Crippen molar-refractivity contribution in [3.05, 3.63) is 0 Å². The first-order chi connectivity index (χ1) is 3.72. The molecule has 0 saturated carbocycles. The first kappa shape index (κ1) is 7.14. The van der Waals surface area contributed by atoms with Gasteiger partial charge in [-0.1, -0.05) is 0 Å². The third-order valence-electron chi connectivity index (χ3n) is 0.872. The molecule has 0 unspecified atom stereocenters. The summed E-state index contributed by atoms with van der Waals surface area (Å²) in [7, 11) is 0. The third kappa shape index (κ3) is 1.73. The predicted octanol–water partition coefficient (Wildman–Crippen LogP) is 0.0112. The Morgan fingerprint density at radius 2 is 2.25 bits per heavy atom. The molecule has 46 valence electrons. The van der Waals surface area contributed by atoms with Crippen LogP contribution in [0.3, 0.4) is 0 Å². The second-order valence-electron chi connectivity index (χ2n) is 1.41. The van der Waals surface area contributed by atoms with E-state index in [9.17, 15) is 9.59 Å². The van der Waals surface area contributed by atoms with Crippen molar-refractivity contribution in [1.29, 1.82) is 0 Å². The summed E-state index contributed by atoms with van der Waals surface area (Å²) in [4.78, 5) is 21.3. The molecule has 0 heterocycles. The van der Waals surface area contributed by atoms with E-state index >= 15 is 0 Å². The first-order valence-electron chi connectivity index (χ1n) is 2.44. The summed E-state index contributed by atoms with van der Waals surface area (Å²) < 4.78 is 0. The van der Waals surface area contributed by atoms with Crippen molar-refractivity contribution < 1.29 is 9.59 Å². The Morgan fingerprint density at radius 3 is 2.25 bits per heavy atom. The van der Waals surface area contributed by atoms with Gasteiger partial charge in [0.15, 0.2) is 0 Å². The molecule has 0 saturated heterocycles. The molecule has 3 heteroatoms. The van der Waals surface area contributed by atoms with Crippen LogP contribution in [0.25, 0.3) is 0 Å². The van der Waals surface area contributed by atoms with Crippen LogP contribution in [0.4, 0.5) is 0 Å². The van der Waals surface area contributed by atoms with Crippen LogP contribution >= 0.6 is 0 Å². The molecule has 0 aliphatic carbocycles. The van der Waals surface area contributed by atoms with Gasteiger partial charge < -0.3 is 0 Å². The fraction of sp³-hybridized carbons (Fsp3) is 0.600. The summed E-state index contributed by atoms with van der Waals surface area (Å²) in [6.45, 7) is 3.56. The molecule has 0 rings (SSSR count). The lowest BCUT2D eigenvalue weighted by Crippen LogP contribution is -2.26. The second-order valence-corrected chi connectivity index (χ2v) is 1.41. The Bertz CT molecular complexity index is 101. The van der Waals surface area contributed by atoms with Gasteiger partial charge in [-0.25, -0.2) is 0 Å². The number of carbonyl (C=O) groups is 2. The van der Waals surface area contributed by atoms with Crippen LogP contribution in [-0.4, -0.2) is 23.8 Å². The number of hydrogen-bond acceptors (Lipinski definition) is 2. The molecular formula is C5H9NO2. The van der Waals surface area contributed by atoms with Crippen molar-refractivity contribution >= 4 is 12.3 Å². The summed E-state index contributed by atoms with van der Waals surface area (Å²) in [5, 5.41) is 0. The Labute approximate surface area is 48.3 Å². The van der Waals surface area contributed by atoms with Crippen LogP contribution in [-0.2, 0) is 9.59 Å². The number of rotatable bonds is 2. The molecule has 3 nitrogen and oxygen atoms in total. The minimum Gasteiger partial charge on any atom is -0.286 e. The zero-order valence-electron chi connectivity index (χ0n) is 5.05. The molecule has 0 radical (unpaired) electrons. The molecule has 8 heavy (non-hydrogen) atoms. The number of hydrogen-bond donors (Lipinski definition) is 0. The highest BCUT2D eigenvalue weighted by molar-refractivity contribution is 5.83. The summed E-state index contributed by atoms with van der Waals surface area (Å²) in [6.07, 6.45) is 0.530. The topological polar surface area (TPSA) is 37.4 Å². The molecule has 0 aliphatic rings. The van der Waals surface area contributed by atoms with Crippen molar-refractivity contribution in [2.24, 2.45) is 0 Å². The van der Waals surface area contributed by atoms with E-state index in [1.54, 1.807) is 6.92 Å². The molecule has 0 aromatic heterocycles. The van der Waals surface area contributed by atoms with E-state index in [4.69, 9.17) is 0 Å². The van der Waals surface area contributed by atoms with E-state index < -0.39 is 0 Å². The minimum absolute atomic E-state index is 0.206. The van der Waals surface area contributed by atoms with Crippen molar-refractivity contribution in [2.75, 3.05) is 6.54 Å². The molecule has 0 spiro atoms. The van der Waals surface area contributed by atoms with Crippen LogP contribution in [0, 0.1) is 0 Å². The van der Waals surface area contributed by atoms with Crippen molar-refractivity contribution in [3.63, 3.8) is 0 Å². The lowest BCUT2D eigenvalue weighted by molar-refractivity contribution is -0.136. The fourth-order valence-corrected chi connectivity index (χ4v) is 0.371. The number of amides is 2. The Kier molecular flexibility index (Phi) is 2.84. The molecule has 0 bridgehead atoms. The van der Waals surface area contributed by atoms with Gasteiger partial charge in [-0.15, -0.1) is 0 Å². The average Bonchev–Trinajstić information content (AvgIpc) is 1.69. The highest BCUT2D eigenvalue weighted by atomic mass is 16.2. The Hall–Kier alpha value is -0.860. The highest BCUT2D eigenvalue weighted by Crippen LogP contribution is 1.79. The maximum Gasteiger partial charge on any atom is 0.225 e. The van der Waals surface area contributed by atoms with Gasteiger partial charge in [0.25, 0.3) is 0 Å². The van der Waals surface area contributed by atoms with E-state index in [1.165, 1.54) is 6.92 Å². The maximum absolute atomic E-state index is 10.3.